The Labute approximate surface area is 82.1 Å². The smallest absolute Gasteiger partial charge is 0.00203 e. The predicted molar refractivity (Wildman–Crippen MR) is 56.5 cm³/mol. The van der Waals surface area contributed by atoms with Crippen molar-refractivity contribution >= 4 is 0 Å². The molecule has 0 bridgehead atoms. The molecule has 2 aliphatic rings. The van der Waals surface area contributed by atoms with Crippen molar-refractivity contribution in [3.05, 3.63) is 0 Å². The molecule has 13 heavy (non-hydrogen) atoms. The molecule has 0 saturated heterocycles. The first-order valence-corrected chi connectivity index (χ1v) is 5.88. The molecule has 0 radical (unpaired) electrons. The third-order valence-corrected chi connectivity index (χ3v) is 4.46. The normalized spacial score (nSPS) is 30.0. The highest BCUT2D eigenvalue weighted by Crippen LogP contribution is 2.53. The van der Waals surface area contributed by atoms with Gasteiger partial charge in [0.25, 0.3) is 0 Å². The maximum atomic E-state index is 5.91. The summed E-state index contributed by atoms with van der Waals surface area (Å²) in [5.74, 6) is 0. The maximum Gasteiger partial charge on any atom is -0.00203 e. The first-order chi connectivity index (χ1) is 6.18. The lowest BCUT2D eigenvalue weighted by Gasteiger charge is -2.46. The lowest BCUT2D eigenvalue weighted by Crippen LogP contribution is -2.41. The molecule has 2 saturated carbocycles. The lowest BCUT2D eigenvalue weighted by atomic mass is 9.60. The fourth-order valence-electron chi connectivity index (χ4n) is 3.44. The summed E-state index contributed by atoms with van der Waals surface area (Å²) in [6.45, 7) is 3.42. The summed E-state index contributed by atoms with van der Waals surface area (Å²) in [4.78, 5) is 0. The van der Waals surface area contributed by atoms with E-state index >= 15 is 0 Å². The van der Waals surface area contributed by atoms with E-state index in [4.69, 9.17) is 5.73 Å². The highest BCUT2D eigenvalue weighted by molar-refractivity contribution is 4.95. The molecular formula is C12H23N. The summed E-state index contributed by atoms with van der Waals surface area (Å²) in [5.41, 5.74) is 7.13. The molecule has 0 amide bonds. The van der Waals surface area contributed by atoms with Crippen LogP contribution in [0.15, 0.2) is 0 Å². The Morgan fingerprint density at radius 2 is 1.62 bits per heavy atom. The first kappa shape index (κ1) is 9.51. The van der Waals surface area contributed by atoms with Crippen LogP contribution in [-0.4, -0.2) is 6.54 Å². The lowest BCUT2D eigenvalue weighted by molar-refractivity contribution is 0.0667. The van der Waals surface area contributed by atoms with Gasteiger partial charge in [-0.05, 0) is 49.5 Å². The Morgan fingerprint density at radius 3 is 2.00 bits per heavy atom. The van der Waals surface area contributed by atoms with Gasteiger partial charge >= 0.3 is 0 Å². The van der Waals surface area contributed by atoms with Gasteiger partial charge in [-0.25, -0.2) is 0 Å². The minimum Gasteiger partial charge on any atom is -0.330 e. The Morgan fingerprint density at radius 1 is 1.00 bits per heavy atom. The Kier molecular flexibility index (Phi) is 2.39. The molecule has 1 nitrogen and oxygen atoms in total. The van der Waals surface area contributed by atoms with Crippen LogP contribution in [0.3, 0.4) is 0 Å². The molecule has 0 spiro atoms. The highest BCUT2D eigenvalue weighted by Gasteiger charge is 2.42. The second-order valence-corrected chi connectivity index (χ2v) is 5.75. The van der Waals surface area contributed by atoms with E-state index in [0.29, 0.717) is 10.8 Å². The predicted octanol–water partition coefficient (Wildman–Crippen LogP) is 3.09. The van der Waals surface area contributed by atoms with Gasteiger partial charge in [-0.2, -0.15) is 0 Å². The van der Waals surface area contributed by atoms with Gasteiger partial charge in [0.2, 0.25) is 0 Å². The van der Waals surface area contributed by atoms with Crippen LogP contribution < -0.4 is 5.73 Å². The van der Waals surface area contributed by atoms with Gasteiger partial charge < -0.3 is 5.73 Å². The maximum absolute atomic E-state index is 5.91. The van der Waals surface area contributed by atoms with Crippen LogP contribution in [0.5, 0.6) is 0 Å². The Balaban J connectivity index is 1.95. The summed E-state index contributed by atoms with van der Waals surface area (Å²) in [6.07, 6.45) is 11.5. The Hall–Kier alpha value is -0.0400. The molecule has 1 heteroatoms. The van der Waals surface area contributed by atoms with E-state index in [1.807, 2.05) is 0 Å². The van der Waals surface area contributed by atoms with Crippen molar-refractivity contribution in [2.24, 2.45) is 16.6 Å². The van der Waals surface area contributed by atoms with Crippen molar-refractivity contribution in [2.75, 3.05) is 6.54 Å². The quantitative estimate of drug-likeness (QED) is 0.711. The first-order valence-electron chi connectivity index (χ1n) is 5.88. The van der Waals surface area contributed by atoms with Gasteiger partial charge in [-0.15, -0.1) is 0 Å². The molecule has 76 valence electrons. The molecule has 2 aliphatic carbocycles. The van der Waals surface area contributed by atoms with E-state index in [9.17, 15) is 0 Å². The average molecular weight is 181 g/mol. The van der Waals surface area contributed by atoms with Crippen molar-refractivity contribution in [3.8, 4) is 0 Å². The van der Waals surface area contributed by atoms with E-state index in [1.165, 1.54) is 51.4 Å². The van der Waals surface area contributed by atoms with Crippen LogP contribution >= 0.6 is 0 Å². The van der Waals surface area contributed by atoms with Crippen LogP contribution in [0.4, 0.5) is 0 Å². The molecule has 0 heterocycles. The fraction of sp³-hybridized carbons (Fsp3) is 1.00. The molecule has 2 N–H and O–H groups in total. The second kappa shape index (κ2) is 3.27. The number of hydrogen-bond donors (Lipinski definition) is 1. The molecule has 2 rings (SSSR count). The largest absolute Gasteiger partial charge is 0.330 e. The molecular weight excluding hydrogens is 158 g/mol. The molecule has 0 unspecified atom stereocenters. The third kappa shape index (κ3) is 1.76. The average Bonchev–Trinajstić information content (AvgIpc) is 2.45. The van der Waals surface area contributed by atoms with Gasteiger partial charge in [0, 0.05) is 0 Å². The zero-order valence-corrected chi connectivity index (χ0v) is 8.94. The Bertz CT molecular complexity index is 170. The summed E-state index contributed by atoms with van der Waals surface area (Å²) >= 11 is 0. The summed E-state index contributed by atoms with van der Waals surface area (Å²) < 4.78 is 0. The molecule has 0 aliphatic heterocycles. The van der Waals surface area contributed by atoms with Gasteiger partial charge in [-0.3, -0.25) is 0 Å². The van der Waals surface area contributed by atoms with Crippen LogP contribution in [0, 0.1) is 10.8 Å². The topological polar surface area (TPSA) is 26.0 Å². The summed E-state index contributed by atoms with van der Waals surface area (Å²) in [7, 11) is 0. The van der Waals surface area contributed by atoms with E-state index in [2.05, 4.69) is 6.92 Å². The molecule has 0 aromatic carbocycles. The molecule has 0 atom stereocenters. The standard InChI is InChI=1S/C12H23N/c1-11(5-2-3-6-11)9-12(10-13)7-4-8-12/h2-10,13H2,1H3. The van der Waals surface area contributed by atoms with Crippen molar-refractivity contribution in [1.82, 2.24) is 0 Å². The third-order valence-electron chi connectivity index (χ3n) is 4.46. The van der Waals surface area contributed by atoms with E-state index in [0.717, 1.165) is 6.54 Å². The molecule has 2 fully saturated rings. The fourth-order valence-corrected chi connectivity index (χ4v) is 3.44. The van der Waals surface area contributed by atoms with Crippen LogP contribution in [0.1, 0.15) is 58.3 Å². The summed E-state index contributed by atoms with van der Waals surface area (Å²) in [6, 6.07) is 0. The van der Waals surface area contributed by atoms with E-state index < -0.39 is 0 Å². The van der Waals surface area contributed by atoms with Gasteiger partial charge in [0.1, 0.15) is 0 Å². The van der Waals surface area contributed by atoms with Crippen molar-refractivity contribution < 1.29 is 0 Å². The summed E-state index contributed by atoms with van der Waals surface area (Å²) in [5, 5.41) is 0. The van der Waals surface area contributed by atoms with Crippen molar-refractivity contribution in [1.29, 1.82) is 0 Å². The zero-order valence-electron chi connectivity index (χ0n) is 8.94. The minimum atomic E-state index is 0.569. The number of rotatable bonds is 3. The molecule has 0 aromatic heterocycles. The van der Waals surface area contributed by atoms with Crippen molar-refractivity contribution in [3.63, 3.8) is 0 Å². The SMILES string of the molecule is CC1(CC2(CN)CCC2)CCCC1. The highest BCUT2D eigenvalue weighted by atomic mass is 14.6. The van der Waals surface area contributed by atoms with Crippen LogP contribution in [-0.2, 0) is 0 Å². The van der Waals surface area contributed by atoms with Gasteiger partial charge in [0.05, 0.1) is 0 Å². The second-order valence-electron chi connectivity index (χ2n) is 5.75. The van der Waals surface area contributed by atoms with Crippen LogP contribution in [0.2, 0.25) is 0 Å². The van der Waals surface area contributed by atoms with E-state index in [-0.39, 0.29) is 0 Å². The zero-order chi connectivity index (χ0) is 9.36. The minimum absolute atomic E-state index is 0.569. The van der Waals surface area contributed by atoms with Crippen LogP contribution in [0.25, 0.3) is 0 Å². The monoisotopic (exact) mass is 181 g/mol. The number of hydrogen-bond acceptors (Lipinski definition) is 1. The van der Waals surface area contributed by atoms with Gasteiger partial charge in [0.15, 0.2) is 0 Å². The van der Waals surface area contributed by atoms with Crippen molar-refractivity contribution in [2.45, 2.75) is 58.3 Å². The molecule has 0 aromatic rings. The number of nitrogens with two attached hydrogens (primary N) is 1. The van der Waals surface area contributed by atoms with Gasteiger partial charge in [-0.1, -0.05) is 26.2 Å². The van der Waals surface area contributed by atoms with E-state index in [1.54, 1.807) is 0 Å².